The number of para-hydroxylation sites is 1. The van der Waals surface area contributed by atoms with Crippen LogP contribution in [0.4, 0.5) is 4.79 Å². The second-order valence-corrected chi connectivity index (χ2v) is 6.74. The molecule has 7 nitrogen and oxygen atoms in total. The second kappa shape index (κ2) is 7.63. The highest BCUT2D eigenvalue weighted by molar-refractivity contribution is 7.91. The van der Waals surface area contributed by atoms with Crippen molar-refractivity contribution in [1.29, 1.82) is 0 Å². The minimum absolute atomic E-state index is 0.0756. The summed E-state index contributed by atoms with van der Waals surface area (Å²) in [4.78, 5) is 22.6. The maximum atomic E-state index is 11.6. The number of benzene rings is 1. The minimum atomic E-state index is -3.30. The predicted molar refractivity (Wildman–Crippen MR) is 76.0 cm³/mol. The highest BCUT2D eigenvalue weighted by atomic mass is 32.2. The van der Waals surface area contributed by atoms with Crippen LogP contribution < -0.4 is 10.1 Å². The van der Waals surface area contributed by atoms with Gasteiger partial charge in [-0.15, -0.1) is 0 Å². The zero-order valence-electron chi connectivity index (χ0n) is 11.5. The van der Waals surface area contributed by atoms with Crippen molar-refractivity contribution in [3.8, 4) is 5.75 Å². The monoisotopic (exact) mass is 315 g/mol. The lowest BCUT2D eigenvalue weighted by atomic mass is 10.2. The average Bonchev–Trinajstić information content (AvgIpc) is 2.44. The fraction of sp³-hybridized carbons (Fsp3) is 0.385. The number of carbonyl (C=O) groups excluding carboxylic acids is 1. The van der Waals surface area contributed by atoms with E-state index in [4.69, 9.17) is 9.84 Å². The quantitative estimate of drug-likeness (QED) is 0.778. The third kappa shape index (κ3) is 6.26. The molecule has 0 spiro atoms. The van der Waals surface area contributed by atoms with Crippen LogP contribution in [0.2, 0.25) is 0 Å². The molecule has 0 aliphatic carbocycles. The molecule has 8 heteroatoms. The molecule has 1 aromatic rings. The molecule has 0 saturated carbocycles. The molecule has 116 valence electrons. The van der Waals surface area contributed by atoms with Gasteiger partial charge in [0.2, 0.25) is 0 Å². The lowest BCUT2D eigenvalue weighted by Crippen LogP contribution is -2.43. The summed E-state index contributed by atoms with van der Waals surface area (Å²) in [5.74, 6) is -1.44. The molecule has 21 heavy (non-hydrogen) atoms. The molecular weight excluding hydrogens is 298 g/mol. The molecule has 0 heterocycles. The van der Waals surface area contributed by atoms with E-state index in [0.29, 0.717) is 0 Å². The molecule has 1 unspecified atom stereocenters. The van der Waals surface area contributed by atoms with Gasteiger partial charge in [-0.1, -0.05) is 25.1 Å². The first-order valence-electron chi connectivity index (χ1n) is 6.30. The number of amides is 1. The number of aliphatic carboxylic acids is 1. The van der Waals surface area contributed by atoms with Gasteiger partial charge in [0.05, 0.1) is 5.75 Å². The molecule has 1 aromatic carbocycles. The van der Waals surface area contributed by atoms with E-state index in [9.17, 15) is 18.0 Å². The van der Waals surface area contributed by atoms with Gasteiger partial charge in [-0.05, 0) is 18.6 Å². The lowest BCUT2D eigenvalue weighted by molar-refractivity contribution is -0.139. The first kappa shape index (κ1) is 17.0. The van der Waals surface area contributed by atoms with Crippen LogP contribution in [-0.2, 0) is 14.6 Å². The SMILES string of the molecule is CCS(=O)(=O)CCC(NC(=O)Oc1ccccc1)C(=O)O. The molecule has 0 aliphatic rings. The van der Waals surface area contributed by atoms with E-state index in [1.165, 1.54) is 19.1 Å². The Bertz CT molecular complexity index is 584. The summed E-state index contributed by atoms with van der Waals surface area (Å²) < 4.78 is 27.6. The third-order valence-corrected chi connectivity index (χ3v) is 4.44. The number of sulfone groups is 1. The van der Waals surface area contributed by atoms with Gasteiger partial charge in [0, 0.05) is 5.75 Å². The predicted octanol–water partition coefficient (Wildman–Crippen LogP) is 1.05. The van der Waals surface area contributed by atoms with Crippen LogP contribution >= 0.6 is 0 Å². The fourth-order valence-corrected chi connectivity index (χ4v) is 2.35. The van der Waals surface area contributed by atoms with E-state index in [-0.39, 0.29) is 23.7 Å². The Labute approximate surface area is 122 Å². The first-order chi connectivity index (χ1) is 9.84. The molecule has 0 aliphatic heterocycles. The molecule has 2 N–H and O–H groups in total. The summed E-state index contributed by atoms with van der Waals surface area (Å²) in [7, 11) is -3.30. The van der Waals surface area contributed by atoms with Crippen LogP contribution in [0, 0.1) is 0 Å². The lowest BCUT2D eigenvalue weighted by Gasteiger charge is -2.14. The van der Waals surface area contributed by atoms with E-state index < -0.39 is 27.9 Å². The topological polar surface area (TPSA) is 110 Å². The Morgan fingerprint density at radius 1 is 1.29 bits per heavy atom. The molecule has 0 radical (unpaired) electrons. The molecule has 0 fully saturated rings. The highest BCUT2D eigenvalue weighted by Gasteiger charge is 2.23. The van der Waals surface area contributed by atoms with Crippen molar-refractivity contribution in [3.05, 3.63) is 30.3 Å². The Hall–Kier alpha value is -2.09. The fourth-order valence-electron chi connectivity index (χ4n) is 1.47. The maximum absolute atomic E-state index is 11.6. The smallest absolute Gasteiger partial charge is 0.413 e. The number of nitrogens with one attached hydrogen (secondary N) is 1. The summed E-state index contributed by atoms with van der Waals surface area (Å²) in [6.07, 6.45) is -1.16. The normalized spacial score (nSPS) is 12.4. The highest BCUT2D eigenvalue weighted by Crippen LogP contribution is 2.08. The Balaban J connectivity index is 2.58. The van der Waals surface area contributed by atoms with Crippen LogP contribution in [0.25, 0.3) is 0 Å². The van der Waals surface area contributed by atoms with Crippen molar-refractivity contribution in [3.63, 3.8) is 0 Å². The van der Waals surface area contributed by atoms with Gasteiger partial charge in [-0.25, -0.2) is 18.0 Å². The molecule has 1 rings (SSSR count). The first-order valence-corrected chi connectivity index (χ1v) is 8.13. The summed E-state index contributed by atoms with van der Waals surface area (Å²) >= 11 is 0. The molecule has 0 saturated heterocycles. The summed E-state index contributed by atoms with van der Waals surface area (Å²) in [6.45, 7) is 1.47. The van der Waals surface area contributed by atoms with Crippen LogP contribution in [0.3, 0.4) is 0 Å². The van der Waals surface area contributed by atoms with Gasteiger partial charge in [-0.3, -0.25) is 0 Å². The molecule has 1 atom stereocenters. The third-order valence-electron chi connectivity index (χ3n) is 2.70. The molecular formula is C13H17NO6S. The standard InChI is InChI=1S/C13H17NO6S/c1-2-21(18,19)9-8-11(12(15)16)14-13(17)20-10-6-4-3-5-7-10/h3-7,11H,2,8-9H2,1H3,(H,14,17)(H,15,16). The van der Waals surface area contributed by atoms with Crippen LogP contribution in [0.1, 0.15) is 13.3 Å². The summed E-state index contributed by atoms with van der Waals surface area (Å²) in [5, 5.41) is 11.1. The van der Waals surface area contributed by atoms with E-state index >= 15 is 0 Å². The van der Waals surface area contributed by atoms with Crippen molar-refractivity contribution in [1.82, 2.24) is 5.32 Å². The van der Waals surface area contributed by atoms with E-state index in [2.05, 4.69) is 5.32 Å². The zero-order chi connectivity index (χ0) is 15.9. The molecule has 1 amide bonds. The van der Waals surface area contributed by atoms with Gasteiger partial charge in [0.25, 0.3) is 0 Å². The summed E-state index contributed by atoms with van der Waals surface area (Å²) in [5.41, 5.74) is 0. The Morgan fingerprint density at radius 3 is 2.43 bits per heavy atom. The van der Waals surface area contributed by atoms with Gasteiger partial charge < -0.3 is 15.2 Å². The van der Waals surface area contributed by atoms with Crippen molar-refractivity contribution < 1.29 is 27.9 Å². The van der Waals surface area contributed by atoms with Crippen molar-refractivity contribution in [2.24, 2.45) is 0 Å². The van der Waals surface area contributed by atoms with E-state index in [1.807, 2.05) is 0 Å². The number of carboxylic acid groups (broad SMARTS) is 1. The van der Waals surface area contributed by atoms with Gasteiger partial charge >= 0.3 is 12.1 Å². The van der Waals surface area contributed by atoms with E-state index in [1.54, 1.807) is 18.2 Å². The average molecular weight is 315 g/mol. The van der Waals surface area contributed by atoms with Crippen LogP contribution in [0.15, 0.2) is 30.3 Å². The Kier molecular flexibility index (Phi) is 6.16. The minimum Gasteiger partial charge on any atom is -0.480 e. The second-order valence-electron chi connectivity index (χ2n) is 4.26. The number of hydrogen-bond donors (Lipinski definition) is 2. The maximum Gasteiger partial charge on any atom is 0.413 e. The number of ether oxygens (including phenoxy) is 1. The van der Waals surface area contributed by atoms with Crippen LogP contribution in [-0.4, -0.2) is 43.1 Å². The van der Waals surface area contributed by atoms with Gasteiger partial charge in [-0.2, -0.15) is 0 Å². The van der Waals surface area contributed by atoms with Crippen molar-refractivity contribution in [2.45, 2.75) is 19.4 Å². The van der Waals surface area contributed by atoms with Gasteiger partial charge in [0.1, 0.15) is 21.6 Å². The van der Waals surface area contributed by atoms with Crippen LogP contribution in [0.5, 0.6) is 5.75 Å². The number of carbonyl (C=O) groups is 2. The van der Waals surface area contributed by atoms with Gasteiger partial charge in [0.15, 0.2) is 0 Å². The number of rotatable bonds is 7. The van der Waals surface area contributed by atoms with Crippen molar-refractivity contribution in [2.75, 3.05) is 11.5 Å². The zero-order valence-corrected chi connectivity index (χ0v) is 12.3. The largest absolute Gasteiger partial charge is 0.480 e. The molecule has 0 bridgehead atoms. The molecule has 0 aromatic heterocycles. The number of hydrogen-bond acceptors (Lipinski definition) is 5. The Morgan fingerprint density at radius 2 is 1.90 bits per heavy atom. The van der Waals surface area contributed by atoms with Crippen molar-refractivity contribution >= 4 is 21.9 Å². The number of carboxylic acids is 1. The summed E-state index contributed by atoms with van der Waals surface area (Å²) in [6, 6.07) is 6.81. The van der Waals surface area contributed by atoms with E-state index in [0.717, 1.165) is 0 Å².